The van der Waals surface area contributed by atoms with Crippen molar-refractivity contribution in [3.63, 3.8) is 0 Å². The van der Waals surface area contributed by atoms with Crippen molar-refractivity contribution in [3.8, 4) is 0 Å². The smallest absolute Gasteiger partial charge is 0.328 e. The van der Waals surface area contributed by atoms with Gasteiger partial charge in [0.1, 0.15) is 11.9 Å². The summed E-state index contributed by atoms with van der Waals surface area (Å²) in [5, 5.41) is 6.63. The van der Waals surface area contributed by atoms with Crippen LogP contribution >= 0.6 is 34.8 Å². The molecule has 7 nitrogen and oxygen atoms in total. The van der Waals surface area contributed by atoms with Crippen LogP contribution in [0.2, 0.25) is 15.1 Å². The van der Waals surface area contributed by atoms with E-state index in [1.165, 1.54) is 18.6 Å². The standard InChI is InChI=1S/C22H19Cl3N4O3/c1-2-32-22(31)18(29-19-8-5-14(23)10-27-19)9-13-3-6-15(7-4-13)28-21(30)20-16(24)11-26-12-17(20)25/h3-8,10-12,18H,2,9H2,1H3,(H,27,29)(H,28,30). The van der Waals surface area contributed by atoms with Crippen LogP contribution in [0.1, 0.15) is 22.8 Å². The molecule has 1 unspecified atom stereocenters. The first-order valence-corrected chi connectivity index (χ1v) is 10.7. The van der Waals surface area contributed by atoms with Crippen LogP contribution in [0.5, 0.6) is 0 Å². The molecule has 0 radical (unpaired) electrons. The van der Waals surface area contributed by atoms with Crippen molar-refractivity contribution in [3.05, 3.63) is 81.2 Å². The van der Waals surface area contributed by atoms with Crippen molar-refractivity contribution in [1.29, 1.82) is 0 Å². The van der Waals surface area contributed by atoms with E-state index in [-0.39, 0.29) is 22.2 Å². The summed E-state index contributed by atoms with van der Waals surface area (Å²) in [6, 6.07) is 9.75. The molecule has 0 aliphatic heterocycles. The van der Waals surface area contributed by atoms with Crippen molar-refractivity contribution < 1.29 is 14.3 Å². The van der Waals surface area contributed by atoms with Gasteiger partial charge in [0.25, 0.3) is 5.91 Å². The molecule has 2 heterocycles. The highest BCUT2D eigenvalue weighted by atomic mass is 35.5. The zero-order chi connectivity index (χ0) is 23.1. The van der Waals surface area contributed by atoms with Gasteiger partial charge < -0.3 is 15.4 Å². The monoisotopic (exact) mass is 492 g/mol. The molecule has 0 saturated carbocycles. The fourth-order valence-electron chi connectivity index (χ4n) is 2.86. The number of anilines is 2. The molecule has 2 aromatic heterocycles. The Bertz CT molecular complexity index is 1070. The maximum atomic E-state index is 12.5. The molecule has 1 amide bonds. The van der Waals surface area contributed by atoms with Crippen LogP contribution in [0.4, 0.5) is 11.5 Å². The van der Waals surface area contributed by atoms with Gasteiger partial charge in [-0.3, -0.25) is 9.78 Å². The Morgan fingerprint density at radius 2 is 1.69 bits per heavy atom. The number of esters is 1. The number of hydrogen-bond acceptors (Lipinski definition) is 6. The fourth-order valence-corrected chi connectivity index (χ4v) is 3.51. The number of amides is 1. The van der Waals surface area contributed by atoms with E-state index < -0.39 is 17.9 Å². The van der Waals surface area contributed by atoms with Gasteiger partial charge in [-0.1, -0.05) is 46.9 Å². The maximum absolute atomic E-state index is 12.5. The van der Waals surface area contributed by atoms with Crippen LogP contribution in [0.25, 0.3) is 0 Å². The highest BCUT2D eigenvalue weighted by Crippen LogP contribution is 2.24. The summed E-state index contributed by atoms with van der Waals surface area (Å²) < 4.78 is 5.18. The predicted octanol–water partition coefficient (Wildman–Crippen LogP) is 5.28. The zero-order valence-corrected chi connectivity index (χ0v) is 19.2. The lowest BCUT2D eigenvalue weighted by atomic mass is 10.1. The topological polar surface area (TPSA) is 93.2 Å². The van der Waals surface area contributed by atoms with Gasteiger partial charge in [-0.05, 0) is 36.8 Å². The van der Waals surface area contributed by atoms with Crippen LogP contribution in [0.3, 0.4) is 0 Å². The molecule has 10 heteroatoms. The van der Waals surface area contributed by atoms with E-state index in [9.17, 15) is 9.59 Å². The highest BCUT2D eigenvalue weighted by Gasteiger charge is 2.21. The number of halogens is 3. The van der Waals surface area contributed by atoms with Gasteiger partial charge in [0.05, 0.1) is 27.2 Å². The summed E-state index contributed by atoms with van der Waals surface area (Å²) in [4.78, 5) is 32.9. The van der Waals surface area contributed by atoms with E-state index in [0.29, 0.717) is 22.9 Å². The molecule has 0 saturated heterocycles. The highest BCUT2D eigenvalue weighted by molar-refractivity contribution is 6.40. The number of hydrogen-bond donors (Lipinski definition) is 2. The number of pyridine rings is 2. The second kappa shape index (κ2) is 11.1. The van der Waals surface area contributed by atoms with E-state index >= 15 is 0 Å². The largest absolute Gasteiger partial charge is 0.464 e. The molecule has 0 bridgehead atoms. The lowest BCUT2D eigenvalue weighted by Crippen LogP contribution is -2.33. The van der Waals surface area contributed by atoms with E-state index in [1.54, 1.807) is 43.3 Å². The SMILES string of the molecule is CCOC(=O)C(Cc1ccc(NC(=O)c2c(Cl)cncc2Cl)cc1)Nc1ccc(Cl)cn1. The first kappa shape index (κ1) is 23.8. The first-order chi connectivity index (χ1) is 15.4. The minimum absolute atomic E-state index is 0.148. The number of ether oxygens (including phenoxy) is 1. The normalized spacial score (nSPS) is 11.5. The molecule has 3 aromatic rings. The van der Waals surface area contributed by atoms with Crippen LogP contribution in [-0.4, -0.2) is 34.5 Å². The summed E-state index contributed by atoms with van der Waals surface area (Å²) in [7, 11) is 0. The van der Waals surface area contributed by atoms with E-state index in [1.807, 2.05) is 0 Å². The number of rotatable bonds is 8. The third-order valence-electron chi connectivity index (χ3n) is 4.35. The number of nitrogens with zero attached hydrogens (tertiary/aromatic N) is 2. The quantitative estimate of drug-likeness (QED) is 0.415. The van der Waals surface area contributed by atoms with Crippen LogP contribution < -0.4 is 10.6 Å². The molecule has 3 rings (SSSR count). The summed E-state index contributed by atoms with van der Waals surface area (Å²) in [5.41, 5.74) is 1.54. The Morgan fingerprint density at radius 1 is 1.00 bits per heavy atom. The van der Waals surface area contributed by atoms with Crippen molar-refractivity contribution in [1.82, 2.24) is 9.97 Å². The summed E-state index contributed by atoms with van der Waals surface area (Å²) in [5.74, 6) is -0.346. The zero-order valence-electron chi connectivity index (χ0n) is 16.9. The predicted molar refractivity (Wildman–Crippen MR) is 126 cm³/mol. The summed E-state index contributed by atoms with van der Waals surface area (Å²) in [6.45, 7) is 2.00. The Kier molecular flexibility index (Phi) is 8.27. The molecule has 1 aromatic carbocycles. The number of carbonyl (C=O) groups excluding carboxylic acids is 2. The van der Waals surface area contributed by atoms with Crippen molar-refractivity contribution >= 4 is 58.2 Å². The molecule has 1 atom stereocenters. The number of aromatic nitrogens is 2. The van der Waals surface area contributed by atoms with Crippen LogP contribution in [0.15, 0.2) is 55.0 Å². The Balaban J connectivity index is 1.70. The minimum atomic E-state index is -0.654. The van der Waals surface area contributed by atoms with Crippen molar-refractivity contribution in [2.24, 2.45) is 0 Å². The number of carbonyl (C=O) groups is 2. The van der Waals surface area contributed by atoms with Crippen molar-refractivity contribution in [2.45, 2.75) is 19.4 Å². The molecule has 0 spiro atoms. The minimum Gasteiger partial charge on any atom is -0.464 e. The lowest BCUT2D eigenvalue weighted by Gasteiger charge is -2.18. The van der Waals surface area contributed by atoms with Gasteiger partial charge in [-0.2, -0.15) is 0 Å². The molecule has 0 aliphatic carbocycles. The second-order valence-electron chi connectivity index (χ2n) is 6.64. The average Bonchev–Trinajstić information content (AvgIpc) is 2.76. The van der Waals surface area contributed by atoms with Crippen LogP contribution in [-0.2, 0) is 16.0 Å². The Labute approximate surface area is 200 Å². The molecule has 0 fully saturated rings. The van der Waals surface area contributed by atoms with Gasteiger partial charge in [0, 0.05) is 30.7 Å². The number of benzene rings is 1. The Hall–Kier alpha value is -2.87. The van der Waals surface area contributed by atoms with E-state index in [0.717, 1.165) is 5.56 Å². The van der Waals surface area contributed by atoms with E-state index in [2.05, 4.69) is 20.6 Å². The Morgan fingerprint density at radius 3 is 2.28 bits per heavy atom. The third kappa shape index (κ3) is 6.32. The van der Waals surface area contributed by atoms with Gasteiger partial charge >= 0.3 is 5.97 Å². The van der Waals surface area contributed by atoms with Gasteiger partial charge in [0.2, 0.25) is 0 Å². The first-order valence-electron chi connectivity index (χ1n) is 9.61. The molecule has 0 aliphatic rings. The molecule has 2 N–H and O–H groups in total. The third-order valence-corrected chi connectivity index (χ3v) is 5.15. The fraction of sp³-hybridized carbons (Fsp3) is 0.182. The second-order valence-corrected chi connectivity index (χ2v) is 7.89. The van der Waals surface area contributed by atoms with Gasteiger partial charge in [0.15, 0.2) is 0 Å². The van der Waals surface area contributed by atoms with Crippen molar-refractivity contribution in [2.75, 3.05) is 17.2 Å². The van der Waals surface area contributed by atoms with Crippen LogP contribution in [0, 0.1) is 0 Å². The molecule has 32 heavy (non-hydrogen) atoms. The summed E-state index contributed by atoms with van der Waals surface area (Å²) in [6.07, 6.45) is 4.54. The van der Waals surface area contributed by atoms with Gasteiger partial charge in [-0.15, -0.1) is 0 Å². The molecule has 166 valence electrons. The maximum Gasteiger partial charge on any atom is 0.328 e. The summed E-state index contributed by atoms with van der Waals surface area (Å²) >= 11 is 17.9. The van der Waals surface area contributed by atoms with Gasteiger partial charge in [-0.25, -0.2) is 9.78 Å². The van der Waals surface area contributed by atoms with E-state index in [4.69, 9.17) is 39.5 Å². The molecular formula is C22H19Cl3N4O3. The average molecular weight is 494 g/mol. The lowest BCUT2D eigenvalue weighted by molar-refractivity contribution is -0.144. The number of nitrogens with one attached hydrogen (secondary N) is 2. The molecular weight excluding hydrogens is 475 g/mol.